The van der Waals surface area contributed by atoms with Gasteiger partial charge in [0.25, 0.3) is 23.6 Å². The third-order valence-electron chi connectivity index (χ3n) is 20.5. The number of rotatable bonds is 22. The lowest BCUT2D eigenvalue weighted by Gasteiger charge is -2.32. The van der Waals surface area contributed by atoms with Crippen LogP contribution in [0.5, 0.6) is 34.9 Å². The van der Waals surface area contributed by atoms with Crippen molar-refractivity contribution in [1.82, 2.24) is 98.7 Å². The van der Waals surface area contributed by atoms with E-state index in [9.17, 15) is 45.5 Å². The van der Waals surface area contributed by atoms with E-state index in [1.807, 2.05) is 26.1 Å². The van der Waals surface area contributed by atoms with E-state index < -0.39 is 87.5 Å². The summed E-state index contributed by atoms with van der Waals surface area (Å²) in [6.45, 7) is 20.6. The quantitative estimate of drug-likeness (QED) is 0.0343. The summed E-state index contributed by atoms with van der Waals surface area (Å²) in [6, 6.07) is 17.2. The van der Waals surface area contributed by atoms with Gasteiger partial charge in [0, 0.05) is 175 Å². The summed E-state index contributed by atoms with van der Waals surface area (Å²) in [5.74, 6) is -8.38. The first-order valence-corrected chi connectivity index (χ1v) is 38.9. The van der Waals surface area contributed by atoms with Crippen molar-refractivity contribution in [1.29, 1.82) is 0 Å². The summed E-state index contributed by atoms with van der Waals surface area (Å²) < 4.78 is 150. The predicted molar refractivity (Wildman–Crippen MR) is 441 cm³/mol. The molecule has 0 bridgehead atoms. The standard InChI is InChI=1S/C28H24F5N7O2.C28H30F2N8O3.C28H32F2N8O2/c1-5-39(4)27(41)22-25(38-17-7-16(28(31,32)33)8-18(9-17)40-11-15(3)36-13-40)34-12-35-26(22)42-21-10-20(29)24-19(23(21)30)6-14(2)37-24;1-5-37(4)28(40)22-25(35-21-7-6-17(14-31-21)27(39)38-10-8-36(3)9-11-38)32-15-33-26(22)41-20-13-19(29)24-18(23(20)30)12-16(2)34-24;1-5-37(4)28(39)23-26(35-18-6-7-19(31-14-18)15-38-10-8-36(3)9-11-38)32-16-33-27(23)40-22-13-21(29)25-20(24(22)30)12-17(2)34-25/h6-13,37H,5H2,1-4H3,(H,34,35,38);6-7,12-15,34H,5,8-11H2,1-4H3,(H,31,32,33,35);6-7,12-14,16,34H,5,8-11,15H2,1-4H3,(H,32,33,35). The van der Waals surface area contributed by atoms with Crippen LogP contribution in [0.25, 0.3) is 38.4 Å². The maximum atomic E-state index is 15.3. The molecule has 4 amide bonds. The topological polar surface area (TPSA) is 323 Å². The lowest BCUT2D eigenvalue weighted by molar-refractivity contribution is -0.137. The van der Waals surface area contributed by atoms with Crippen molar-refractivity contribution in [3.05, 3.63) is 214 Å². The van der Waals surface area contributed by atoms with Crippen LogP contribution < -0.4 is 30.2 Å². The second kappa shape index (κ2) is 37.0. The first-order valence-electron chi connectivity index (χ1n) is 38.9. The summed E-state index contributed by atoms with van der Waals surface area (Å²) in [5, 5.41) is 8.84. The average molecular weight is 1700 g/mol. The van der Waals surface area contributed by atoms with Gasteiger partial charge >= 0.3 is 6.18 Å². The number of likely N-dealkylation sites (N-methyl/N-ethyl adjacent to an activating group) is 2. The van der Waals surface area contributed by atoms with Gasteiger partial charge in [0.1, 0.15) is 41.5 Å². The zero-order chi connectivity index (χ0) is 88.0. The minimum absolute atomic E-state index is 0.0128. The molecule has 11 heterocycles. The molecule has 13 aromatic rings. The number of fused-ring (bicyclic) bond motifs is 3. The number of piperazine rings is 2. The number of nitrogens with zero attached hydrogens (tertiary/aromatic N) is 17. The molecule has 39 heteroatoms. The Morgan fingerprint density at radius 2 is 0.911 bits per heavy atom. The highest BCUT2D eigenvalue weighted by Crippen LogP contribution is 2.41. The van der Waals surface area contributed by atoms with Crippen LogP contribution in [0.3, 0.4) is 0 Å². The molecule has 123 heavy (non-hydrogen) atoms. The van der Waals surface area contributed by atoms with E-state index >= 15 is 13.2 Å². The maximum Gasteiger partial charge on any atom is 0.416 e. The fraction of sp³-hybridized carbons (Fsp3) is 0.298. The van der Waals surface area contributed by atoms with Gasteiger partial charge < -0.3 is 79.1 Å². The fourth-order valence-corrected chi connectivity index (χ4v) is 13.3. The molecule has 0 spiro atoms. The Bertz CT molecular complexity index is 6090. The Morgan fingerprint density at radius 3 is 1.30 bits per heavy atom. The highest BCUT2D eigenvalue weighted by Gasteiger charge is 2.35. The van der Waals surface area contributed by atoms with Gasteiger partial charge in [0.2, 0.25) is 17.6 Å². The van der Waals surface area contributed by atoms with Gasteiger partial charge in [0.05, 0.1) is 57.3 Å². The number of benzene rings is 4. The minimum Gasteiger partial charge on any atom is -0.435 e. The number of hydrogen-bond acceptors (Lipinski definition) is 22. The number of H-pyrrole nitrogens is 3. The second-order valence-electron chi connectivity index (χ2n) is 29.4. The minimum atomic E-state index is -4.69. The molecule has 0 atom stereocenters. The van der Waals surface area contributed by atoms with Crippen molar-refractivity contribution in [2.75, 3.05) is 123 Å². The fourth-order valence-electron chi connectivity index (χ4n) is 13.3. The molecule has 2 aliphatic heterocycles. The van der Waals surface area contributed by atoms with Gasteiger partial charge in [-0.25, -0.2) is 66.2 Å². The van der Waals surface area contributed by atoms with E-state index in [-0.39, 0.29) is 102 Å². The van der Waals surface area contributed by atoms with Gasteiger partial charge in [-0.15, -0.1) is 0 Å². The van der Waals surface area contributed by atoms with Gasteiger partial charge in [-0.3, -0.25) is 29.1 Å². The number of pyridine rings is 2. The van der Waals surface area contributed by atoms with Crippen molar-refractivity contribution in [3.8, 4) is 40.6 Å². The zero-order valence-electron chi connectivity index (χ0n) is 68.9. The van der Waals surface area contributed by atoms with Crippen LogP contribution in [0.4, 0.5) is 74.2 Å². The molecule has 0 radical (unpaired) electrons. The summed E-state index contributed by atoms with van der Waals surface area (Å²) >= 11 is 0. The molecule has 0 unspecified atom stereocenters. The molecular weight excluding hydrogens is 1610 g/mol. The number of hydrogen-bond donors (Lipinski definition) is 6. The van der Waals surface area contributed by atoms with Crippen molar-refractivity contribution in [3.63, 3.8) is 0 Å². The lowest BCUT2D eigenvalue weighted by atomic mass is 10.1. The highest BCUT2D eigenvalue weighted by atomic mass is 19.4. The zero-order valence-corrected chi connectivity index (χ0v) is 68.9. The molecule has 2 saturated heterocycles. The molecule has 30 nitrogen and oxygen atoms in total. The highest BCUT2D eigenvalue weighted by molar-refractivity contribution is 6.03. The first-order chi connectivity index (χ1) is 58.7. The van der Waals surface area contributed by atoms with Crippen LogP contribution in [0, 0.1) is 62.6 Å². The molecule has 0 aliphatic carbocycles. The Labute approximate surface area is 698 Å². The van der Waals surface area contributed by atoms with Crippen molar-refractivity contribution in [2.24, 2.45) is 0 Å². The number of imidazole rings is 1. The van der Waals surface area contributed by atoms with Crippen LogP contribution >= 0.6 is 0 Å². The van der Waals surface area contributed by atoms with E-state index in [1.54, 1.807) is 85.1 Å². The largest absolute Gasteiger partial charge is 0.435 e. The van der Waals surface area contributed by atoms with E-state index in [0.29, 0.717) is 66.0 Å². The van der Waals surface area contributed by atoms with Crippen molar-refractivity contribution < 1.29 is 72.9 Å². The Kier molecular flexibility index (Phi) is 26.2. The van der Waals surface area contributed by atoms with Crippen molar-refractivity contribution in [2.45, 2.75) is 61.2 Å². The van der Waals surface area contributed by atoms with Crippen LogP contribution in [-0.4, -0.2) is 230 Å². The van der Waals surface area contributed by atoms with Crippen LogP contribution in [0.2, 0.25) is 0 Å². The SMILES string of the molecule is CCN(C)C(=O)c1c(Nc2cc(-n3cnc(C)c3)cc(C(F)(F)F)c2)ncnc1Oc1cc(F)c2[nH]c(C)cc2c1F.CCN(C)C(=O)c1c(Nc2ccc(C(=O)N3CCN(C)CC3)cn2)ncnc1Oc1cc(F)c2[nH]c(C)cc2c1F.CCN(C)C(=O)c1c(Nc2ccc(CN3CCN(C)CC3)nc2)ncnc1Oc1cc(F)c2[nH]c(C)cc2c1F. The summed E-state index contributed by atoms with van der Waals surface area (Å²) in [6.07, 6.45) is 4.67. The predicted octanol–water partition coefficient (Wildman–Crippen LogP) is 15.0. The van der Waals surface area contributed by atoms with E-state index in [2.05, 4.69) is 97.5 Å². The summed E-state index contributed by atoms with van der Waals surface area (Å²) in [4.78, 5) is 112. The smallest absolute Gasteiger partial charge is 0.416 e. The van der Waals surface area contributed by atoms with Gasteiger partial charge in [-0.2, -0.15) is 13.2 Å². The van der Waals surface area contributed by atoms with Gasteiger partial charge in [-0.05, 0) is 123 Å². The monoisotopic (exact) mass is 1700 g/mol. The Hall–Kier alpha value is -13.8. The summed E-state index contributed by atoms with van der Waals surface area (Å²) in [5.41, 5.74) is 2.93. The molecule has 0 saturated carbocycles. The Morgan fingerprint density at radius 1 is 0.480 bits per heavy atom. The number of alkyl halides is 3. The number of amides is 4. The van der Waals surface area contributed by atoms with Crippen molar-refractivity contribution >= 4 is 91.0 Å². The Balaban J connectivity index is 0.000000159. The molecule has 2 fully saturated rings. The molecule has 2 aliphatic rings. The number of nitrogens with one attached hydrogen (secondary N) is 6. The number of anilines is 6. The number of aromatic nitrogens is 13. The summed E-state index contributed by atoms with van der Waals surface area (Å²) in [7, 11) is 8.80. The molecule has 4 aromatic carbocycles. The number of ether oxygens (including phenoxy) is 3. The average Bonchev–Trinajstić information content (AvgIpc) is 1.75. The maximum absolute atomic E-state index is 15.3. The third-order valence-corrected chi connectivity index (χ3v) is 20.5. The lowest BCUT2D eigenvalue weighted by Crippen LogP contribution is -2.47. The van der Waals surface area contributed by atoms with Crippen LogP contribution in [-0.2, 0) is 12.7 Å². The van der Waals surface area contributed by atoms with Gasteiger partial charge in [-0.1, -0.05) is 0 Å². The molecule has 9 aromatic heterocycles. The normalized spacial score (nSPS) is 13.3. The molecule has 6 N–H and O–H groups in total. The number of aromatic amines is 3. The number of carbonyl (C=O) groups is 4. The van der Waals surface area contributed by atoms with Crippen LogP contribution in [0.15, 0.2) is 123 Å². The van der Waals surface area contributed by atoms with E-state index in [1.165, 1.54) is 69.4 Å². The van der Waals surface area contributed by atoms with Crippen LogP contribution in [0.1, 0.15) is 96.2 Å². The number of carbonyl (C=O) groups excluding carboxylic acids is 4. The van der Waals surface area contributed by atoms with E-state index in [0.717, 1.165) is 94.5 Å². The second-order valence-corrected chi connectivity index (χ2v) is 29.4. The third kappa shape index (κ3) is 19.6. The first kappa shape index (κ1) is 87.0. The number of aryl methyl sites for hydroxylation is 4. The van der Waals surface area contributed by atoms with Gasteiger partial charge in [0.15, 0.2) is 69.6 Å². The molecule has 15 rings (SSSR count). The molecule has 642 valence electrons. The van der Waals surface area contributed by atoms with E-state index in [4.69, 9.17) is 14.2 Å². The number of halogens is 9. The molecular formula is C84H86F9N23O7.